The predicted molar refractivity (Wildman–Crippen MR) is 110 cm³/mol. The van der Waals surface area contributed by atoms with Crippen molar-refractivity contribution in [1.29, 1.82) is 0 Å². The highest BCUT2D eigenvalue weighted by Gasteiger charge is 2.11. The van der Waals surface area contributed by atoms with Gasteiger partial charge in [-0.25, -0.2) is 23.1 Å². The van der Waals surface area contributed by atoms with Crippen molar-refractivity contribution in [2.75, 3.05) is 17.7 Å². The number of benzene rings is 2. The van der Waals surface area contributed by atoms with Crippen molar-refractivity contribution < 1.29 is 8.42 Å². The van der Waals surface area contributed by atoms with Crippen molar-refractivity contribution in [3.05, 3.63) is 64.4 Å². The first-order valence-corrected chi connectivity index (χ1v) is 10.4. The summed E-state index contributed by atoms with van der Waals surface area (Å²) in [6.45, 7) is 0. The number of hydrogen-bond donors (Lipinski definition) is 3. The zero-order chi connectivity index (χ0) is 19.4. The highest BCUT2D eigenvalue weighted by Crippen LogP contribution is 2.26. The van der Waals surface area contributed by atoms with Crippen LogP contribution in [0.15, 0.2) is 64.2 Å². The smallest absolute Gasteiger partial charge is 0.240 e. The normalized spacial score (nSPS) is 11.2. The Morgan fingerprint density at radius 1 is 0.963 bits per heavy atom. The van der Waals surface area contributed by atoms with Crippen molar-refractivity contribution in [1.82, 2.24) is 14.7 Å². The fourth-order valence-corrected chi connectivity index (χ4v) is 3.91. The summed E-state index contributed by atoms with van der Waals surface area (Å²) < 4.78 is 27.0. The minimum atomic E-state index is -3.52. The third kappa shape index (κ3) is 5.16. The highest BCUT2D eigenvalue weighted by atomic mass is 79.9. The van der Waals surface area contributed by atoms with E-state index in [1.807, 2.05) is 6.07 Å². The second-order valence-corrected chi connectivity index (χ2v) is 8.67. The lowest BCUT2D eigenvalue weighted by molar-refractivity contribution is 0.588. The lowest BCUT2D eigenvalue weighted by Crippen LogP contribution is -2.18. The molecule has 3 aromatic rings. The number of rotatable bonds is 6. The largest absolute Gasteiger partial charge is 0.340 e. The van der Waals surface area contributed by atoms with Crippen LogP contribution < -0.4 is 15.4 Å². The number of hydrogen-bond acceptors (Lipinski definition) is 6. The first kappa shape index (κ1) is 19.6. The van der Waals surface area contributed by atoms with Crippen LogP contribution in [0.2, 0.25) is 5.02 Å². The van der Waals surface area contributed by atoms with Crippen molar-refractivity contribution in [2.24, 2.45) is 0 Å². The van der Waals surface area contributed by atoms with Gasteiger partial charge in [0.05, 0.1) is 4.90 Å². The van der Waals surface area contributed by atoms with Gasteiger partial charge in [0, 0.05) is 26.9 Å². The standard InChI is InChI=1S/C17H15BrClN5O2S/c1-20-27(25,26)15-4-2-3-13(8-15)23-16-9-17(22-10-21-16)24-14-6-11(18)5-12(19)7-14/h2-10,20H,1H3,(H2,21,22,23,24). The monoisotopic (exact) mass is 467 g/mol. The number of sulfonamides is 1. The molecule has 1 heterocycles. The van der Waals surface area contributed by atoms with E-state index in [4.69, 9.17) is 11.6 Å². The number of aromatic nitrogens is 2. The maximum atomic E-state index is 11.9. The Morgan fingerprint density at radius 2 is 1.67 bits per heavy atom. The molecule has 0 aliphatic rings. The van der Waals surface area contributed by atoms with Gasteiger partial charge in [-0.05, 0) is 43.4 Å². The van der Waals surface area contributed by atoms with Crippen molar-refractivity contribution in [2.45, 2.75) is 4.90 Å². The van der Waals surface area contributed by atoms with Crippen LogP contribution in [0.1, 0.15) is 0 Å². The van der Waals surface area contributed by atoms with E-state index in [1.165, 1.54) is 25.5 Å². The molecule has 0 spiro atoms. The van der Waals surface area contributed by atoms with E-state index in [0.29, 0.717) is 22.3 Å². The maximum Gasteiger partial charge on any atom is 0.240 e. The Hall–Kier alpha value is -2.20. The molecule has 3 N–H and O–H groups in total. The van der Waals surface area contributed by atoms with Crippen LogP contribution >= 0.6 is 27.5 Å². The Morgan fingerprint density at radius 3 is 2.33 bits per heavy atom. The summed E-state index contributed by atoms with van der Waals surface area (Å²) in [5.41, 5.74) is 1.35. The Bertz CT molecular complexity index is 1060. The molecule has 0 aliphatic carbocycles. The van der Waals surface area contributed by atoms with Gasteiger partial charge < -0.3 is 10.6 Å². The Labute approximate surface area is 170 Å². The van der Waals surface area contributed by atoms with E-state index in [2.05, 4.69) is 41.3 Å². The van der Waals surface area contributed by atoms with Crippen LogP contribution in [0.5, 0.6) is 0 Å². The summed E-state index contributed by atoms with van der Waals surface area (Å²) in [5, 5.41) is 6.80. The van der Waals surface area contributed by atoms with Gasteiger partial charge in [0.1, 0.15) is 18.0 Å². The van der Waals surface area contributed by atoms with E-state index in [9.17, 15) is 8.42 Å². The predicted octanol–water partition coefficient (Wildman–Crippen LogP) is 4.29. The molecule has 0 saturated heterocycles. The molecule has 3 rings (SSSR count). The van der Waals surface area contributed by atoms with E-state index in [1.54, 1.807) is 30.3 Å². The van der Waals surface area contributed by atoms with E-state index < -0.39 is 10.0 Å². The minimum Gasteiger partial charge on any atom is -0.340 e. The third-order valence-corrected chi connectivity index (χ3v) is 5.58. The molecule has 2 aromatic carbocycles. The van der Waals surface area contributed by atoms with Crippen LogP contribution in [0, 0.1) is 0 Å². The minimum absolute atomic E-state index is 0.159. The average Bonchev–Trinajstić information content (AvgIpc) is 2.61. The fourth-order valence-electron chi connectivity index (χ4n) is 2.27. The first-order chi connectivity index (χ1) is 12.9. The maximum absolute atomic E-state index is 11.9. The lowest BCUT2D eigenvalue weighted by Gasteiger charge is -2.10. The average molecular weight is 469 g/mol. The molecule has 0 saturated carbocycles. The van der Waals surface area contributed by atoms with E-state index in [0.717, 1.165) is 10.2 Å². The molecule has 0 unspecified atom stereocenters. The topological polar surface area (TPSA) is 96.0 Å². The van der Waals surface area contributed by atoms with Crippen LogP contribution in [-0.2, 0) is 10.0 Å². The second-order valence-electron chi connectivity index (χ2n) is 5.43. The van der Waals surface area contributed by atoms with Crippen molar-refractivity contribution >= 4 is 60.6 Å². The summed E-state index contributed by atoms with van der Waals surface area (Å²) in [6, 6.07) is 13.6. The van der Waals surface area contributed by atoms with Crippen LogP contribution in [0.3, 0.4) is 0 Å². The summed E-state index contributed by atoms with van der Waals surface area (Å²) in [5.74, 6) is 1.06. The molecule has 0 aliphatic heterocycles. The molecule has 0 atom stereocenters. The van der Waals surface area contributed by atoms with Gasteiger partial charge in [-0.2, -0.15) is 0 Å². The molecule has 140 valence electrons. The summed E-state index contributed by atoms with van der Waals surface area (Å²) in [6.07, 6.45) is 1.40. The SMILES string of the molecule is CNS(=O)(=O)c1cccc(Nc2cc(Nc3cc(Cl)cc(Br)c3)ncn2)c1. The third-order valence-electron chi connectivity index (χ3n) is 3.49. The van der Waals surface area contributed by atoms with Crippen LogP contribution in [-0.4, -0.2) is 25.4 Å². The summed E-state index contributed by atoms with van der Waals surface area (Å²) >= 11 is 9.44. The van der Waals surface area contributed by atoms with Crippen LogP contribution in [0.25, 0.3) is 0 Å². The zero-order valence-electron chi connectivity index (χ0n) is 14.1. The van der Waals surface area contributed by atoms with E-state index >= 15 is 0 Å². The number of nitrogens with zero attached hydrogens (tertiary/aromatic N) is 2. The number of nitrogens with one attached hydrogen (secondary N) is 3. The Balaban J connectivity index is 1.81. The van der Waals surface area contributed by atoms with Gasteiger partial charge in [0.15, 0.2) is 0 Å². The molecule has 0 amide bonds. The number of halogens is 2. The molecular formula is C17H15BrClN5O2S. The molecule has 0 fully saturated rings. The van der Waals surface area contributed by atoms with E-state index in [-0.39, 0.29) is 4.90 Å². The van der Waals surface area contributed by atoms with Crippen molar-refractivity contribution in [3.8, 4) is 0 Å². The second kappa shape index (κ2) is 8.22. The van der Waals surface area contributed by atoms with Gasteiger partial charge in [-0.1, -0.05) is 33.6 Å². The molecule has 7 nitrogen and oxygen atoms in total. The van der Waals surface area contributed by atoms with Gasteiger partial charge in [0.25, 0.3) is 0 Å². The summed E-state index contributed by atoms with van der Waals surface area (Å²) in [7, 11) is -2.15. The lowest BCUT2D eigenvalue weighted by atomic mass is 10.3. The Kier molecular flexibility index (Phi) is 5.95. The first-order valence-electron chi connectivity index (χ1n) is 7.71. The fraction of sp³-hybridized carbons (Fsp3) is 0.0588. The molecule has 0 bridgehead atoms. The van der Waals surface area contributed by atoms with Gasteiger partial charge in [-0.3, -0.25) is 0 Å². The summed E-state index contributed by atoms with van der Waals surface area (Å²) in [4.78, 5) is 8.50. The molecular weight excluding hydrogens is 454 g/mol. The van der Waals surface area contributed by atoms with Gasteiger partial charge >= 0.3 is 0 Å². The zero-order valence-corrected chi connectivity index (χ0v) is 17.2. The quantitative estimate of drug-likeness (QED) is 0.499. The van der Waals surface area contributed by atoms with Crippen molar-refractivity contribution in [3.63, 3.8) is 0 Å². The molecule has 27 heavy (non-hydrogen) atoms. The molecule has 10 heteroatoms. The highest BCUT2D eigenvalue weighted by molar-refractivity contribution is 9.10. The molecule has 1 aromatic heterocycles. The number of anilines is 4. The van der Waals surface area contributed by atoms with Gasteiger partial charge in [-0.15, -0.1) is 0 Å². The molecule has 0 radical (unpaired) electrons. The van der Waals surface area contributed by atoms with Crippen LogP contribution in [0.4, 0.5) is 23.0 Å². The van der Waals surface area contributed by atoms with Gasteiger partial charge in [0.2, 0.25) is 10.0 Å².